The number of ether oxygens (including phenoxy) is 3. The van der Waals surface area contributed by atoms with E-state index in [9.17, 15) is 29.7 Å². The smallest absolute Gasteiger partial charge is 0.335 e. The monoisotopic (exact) mass is 456 g/mol. The number of aliphatic carboxylic acids is 1. The molecule has 0 spiro atoms. The fourth-order valence-electron chi connectivity index (χ4n) is 3.10. The van der Waals surface area contributed by atoms with Gasteiger partial charge < -0.3 is 39.7 Å². The Bertz CT molecular complexity index is 850. The Morgan fingerprint density at radius 1 is 1.06 bits per heavy atom. The van der Waals surface area contributed by atoms with Crippen molar-refractivity contribution in [2.75, 3.05) is 6.61 Å². The van der Waals surface area contributed by atoms with Gasteiger partial charge >= 0.3 is 17.9 Å². The van der Waals surface area contributed by atoms with Gasteiger partial charge in [0.05, 0.1) is 17.6 Å². The van der Waals surface area contributed by atoms with Crippen molar-refractivity contribution >= 4 is 17.9 Å². The summed E-state index contributed by atoms with van der Waals surface area (Å²) in [5, 5.41) is 47.6. The van der Waals surface area contributed by atoms with E-state index in [1.807, 2.05) is 0 Å². The molecule has 11 heteroatoms. The predicted molar refractivity (Wildman–Crippen MR) is 107 cm³/mol. The number of hydrogen-bond acceptors (Lipinski definition) is 9. The molecule has 1 aliphatic rings. The molecule has 1 saturated heterocycles. The van der Waals surface area contributed by atoms with Gasteiger partial charge in [0.15, 0.2) is 6.10 Å². The van der Waals surface area contributed by atoms with Gasteiger partial charge in [-0.25, -0.2) is 9.59 Å². The van der Waals surface area contributed by atoms with Crippen LogP contribution in [0.3, 0.4) is 0 Å². The van der Waals surface area contributed by atoms with E-state index < -0.39 is 54.0 Å². The van der Waals surface area contributed by atoms with E-state index in [1.54, 1.807) is 26.8 Å². The lowest BCUT2D eigenvalue weighted by atomic mass is 9.88. The quantitative estimate of drug-likeness (QED) is 0.255. The number of esters is 1. The molecule has 1 heterocycles. The lowest BCUT2D eigenvalue weighted by molar-refractivity contribution is -0.288. The average Bonchev–Trinajstić information content (AvgIpc) is 2.72. The number of carboxylic acids is 2. The molecule has 1 aliphatic heterocycles. The van der Waals surface area contributed by atoms with Gasteiger partial charge in [0.25, 0.3) is 0 Å². The summed E-state index contributed by atoms with van der Waals surface area (Å²) in [6.07, 6.45) is -8.54. The number of aromatic carboxylic acids is 1. The maximum atomic E-state index is 12.6. The summed E-state index contributed by atoms with van der Waals surface area (Å²) in [5.41, 5.74) is -0.234. The van der Waals surface area contributed by atoms with Crippen molar-refractivity contribution in [2.45, 2.75) is 64.3 Å². The summed E-state index contributed by atoms with van der Waals surface area (Å²) >= 11 is 0. The lowest BCUT2D eigenvalue weighted by Gasteiger charge is -2.39. The van der Waals surface area contributed by atoms with Gasteiger partial charge in [0.2, 0.25) is 6.29 Å². The fraction of sp³-hybridized carbons (Fsp3) is 0.571. The minimum atomic E-state index is -1.88. The Hall–Kier alpha value is -2.73. The van der Waals surface area contributed by atoms with Crippen LogP contribution in [-0.4, -0.2) is 80.8 Å². The Kier molecular flexibility index (Phi) is 8.18. The van der Waals surface area contributed by atoms with E-state index in [2.05, 4.69) is 0 Å². The summed E-state index contributed by atoms with van der Waals surface area (Å²) in [6.45, 7) is 5.10. The molecular weight excluding hydrogens is 428 g/mol. The molecule has 178 valence electrons. The molecule has 0 saturated carbocycles. The number of hydrogen-bond donors (Lipinski definition) is 5. The molecule has 0 aromatic heterocycles. The molecule has 11 nitrogen and oxygen atoms in total. The molecule has 0 unspecified atom stereocenters. The Morgan fingerprint density at radius 2 is 1.72 bits per heavy atom. The third kappa shape index (κ3) is 5.94. The minimum Gasteiger partial charge on any atom is -0.493 e. The second-order valence-electron chi connectivity index (χ2n) is 8.26. The van der Waals surface area contributed by atoms with Crippen LogP contribution in [0.25, 0.3) is 0 Å². The first kappa shape index (κ1) is 25.5. The standard InChI is InChI=1S/C21H28O11/c1-10-5-6-11(17(25)26)9-12(10)30-8-4-7-21(2,3)20(29)32-19-15(24)13(22)14(23)16(31-19)18(27)28/h5-6,9,13-16,19,22-24H,4,7-8H2,1-3H3,(H,25,26)(H,27,28)/t13-,14-,15+,16-,19-/m0/s1. The molecule has 0 aliphatic carbocycles. The van der Waals surface area contributed by atoms with Crippen LogP contribution in [0.2, 0.25) is 0 Å². The number of aryl methyl sites for hydroxylation is 1. The number of carbonyl (C=O) groups excluding carboxylic acids is 1. The first-order valence-electron chi connectivity index (χ1n) is 9.95. The maximum absolute atomic E-state index is 12.6. The highest BCUT2D eigenvalue weighted by Gasteiger charge is 2.49. The third-order valence-corrected chi connectivity index (χ3v) is 5.23. The first-order chi connectivity index (χ1) is 14.8. The Morgan fingerprint density at radius 3 is 2.31 bits per heavy atom. The van der Waals surface area contributed by atoms with Crippen LogP contribution in [0.1, 0.15) is 42.6 Å². The third-order valence-electron chi connectivity index (χ3n) is 5.23. The van der Waals surface area contributed by atoms with Crippen LogP contribution in [0.4, 0.5) is 0 Å². The van der Waals surface area contributed by atoms with Crippen LogP contribution in [-0.2, 0) is 19.1 Å². The van der Waals surface area contributed by atoms with E-state index in [1.165, 1.54) is 12.1 Å². The molecule has 1 aromatic rings. The minimum absolute atomic E-state index is 0.0903. The molecule has 1 fully saturated rings. The fourth-order valence-corrected chi connectivity index (χ4v) is 3.10. The largest absolute Gasteiger partial charge is 0.493 e. The number of carboxylic acid groups (broad SMARTS) is 2. The molecule has 1 aromatic carbocycles. The number of benzene rings is 1. The molecule has 5 N–H and O–H groups in total. The van der Waals surface area contributed by atoms with Crippen molar-refractivity contribution in [3.8, 4) is 5.75 Å². The van der Waals surface area contributed by atoms with Crippen molar-refractivity contribution in [3.05, 3.63) is 29.3 Å². The number of carbonyl (C=O) groups is 3. The second kappa shape index (κ2) is 10.3. The topological polar surface area (TPSA) is 180 Å². The van der Waals surface area contributed by atoms with Crippen LogP contribution in [0.15, 0.2) is 18.2 Å². The molecule has 0 bridgehead atoms. The zero-order valence-electron chi connectivity index (χ0n) is 17.9. The number of aliphatic hydroxyl groups is 3. The van der Waals surface area contributed by atoms with Gasteiger partial charge in [-0.2, -0.15) is 0 Å². The van der Waals surface area contributed by atoms with E-state index in [4.69, 9.17) is 24.4 Å². The molecular formula is C21H28O11. The highest BCUT2D eigenvalue weighted by Crippen LogP contribution is 2.29. The summed E-state index contributed by atoms with van der Waals surface area (Å²) in [4.78, 5) is 34.8. The molecule has 2 rings (SSSR count). The summed E-state index contributed by atoms with van der Waals surface area (Å²) in [5.74, 6) is -3.05. The van der Waals surface area contributed by atoms with Crippen molar-refractivity contribution in [1.82, 2.24) is 0 Å². The summed E-state index contributed by atoms with van der Waals surface area (Å²) in [7, 11) is 0. The second-order valence-corrected chi connectivity index (χ2v) is 8.26. The van der Waals surface area contributed by atoms with Gasteiger partial charge in [0.1, 0.15) is 24.1 Å². The highest BCUT2D eigenvalue weighted by molar-refractivity contribution is 5.88. The van der Waals surface area contributed by atoms with Crippen LogP contribution in [0, 0.1) is 12.3 Å². The summed E-state index contributed by atoms with van der Waals surface area (Å²) in [6, 6.07) is 4.51. The van der Waals surface area contributed by atoms with Crippen molar-refractivity contribution < 1.29 is 54.1 Å². The predicted octanol–water partition coefficient (Wildman–Crippen LogP) is 0.314. The van der Waals surface area contributed by atoms with Crippen LogP contribution in [0.5, 0.6) is 5.75 Å². The highest BCUT2D eigenvalue weighted by atomic mass is 16.7. The average molecular weight is 456 g/mol. The molecule has 32 heavy (non-hydrogen) atoms. The van der Waals surface area contributed by atoms with Gasteiger partial charge in [-0.15, -0.1) is 0 Å². The number of aliphatic hydroxyl groups excluding tert-OH is 3. The van der Waals surface area contributed by atoms with Crippen LogP contribution >= 0.6 is 0 Å². The SMILES string of the molecule is Cc1ccc(C(=O)O)cc1OCCCC(C)(C)C(=O)O[C@@H]1O[C@H](C(=O)O)[C@@H](O)[C@H](O)[C@H]1O. The van der Waals surface area contributed by atoms with Gasteiger partial charge in [0, 0.05) is 0 Å². The van der Waals surface area contributed by atoms with E-state index in [0.717, 1.165) is 5.56 Å². The molecule has 0 amide bonds. The van der Waals surface area contributed by atoms with Crippen molar-refractivity contribution in [1.29, 1.82) is 0 Å². The first-order valence-corrected chi connectivity index (χ1v) is 9.95. The van der Waals surface area contributed by atoms with Gasteiger partial charge in [-0.05, 0) is 51.3 Å². The summed E-state index contributed by atoms with van der Waals surface area (Å²) < 4.78 is 15.7. The van der Waals surface area contributed by atoms with Crippen molar-refractivity contribution in [2.24, 2.45) is 5.41 Å². The number of rotatable bonds is 9. The Labute approximate surface area is 184 Å². The zero-order chi connectivity index (χ0) is 24.2. The van der Waals surface area contributed by atoms with E-state index >= 15 is 0 Å². The lowest BCUT2D eigenvalue weighted by Crippen LogP contribution is -2.61. The zero-order valence-corrected chi connectivity index (χ0v) is 17.9. The molecule has 0 radical (unpaired) electrons. The van der Waals surface area contributed by atoms with Gasteiger partial charge in [-0.3, -0.25) is 4.79 Å². The van der Waals surface area contributed by atoms with Crippen LogP contribution < -0.4 is 4.74 Å². The van der Waals surface area contributed by atoms with Crippen molar-refractivity contribution in [3.63, 3.8) is 0 Å². The Balaban J connectivity index is 1.92. The maximum Gasteiger partial charge on any atom is 0.335 e. The molecule has 5 atom stereocenters. The van der Waals surface area contributed by atoms with E-state index in [-0.39, 0.29) is 18.6 Å². The van der Waals surface area contributed by atoms with E-state index in [0.29, 0.717) is 12.2 Å². The normalized spacial score (nSPS) is 25.8. The van der Waals surface area contributed by atoms with Gasteiger partial charge in [-0.1, -0.05) is 6.07 Å².